The lowest BCUT2D eigenvalue weighted by molar-refractivity contribution is 0.0994. The third-order valence-electron chi connectivity index (χ3n) is 3.10. The highest BCUT2D eigenvalue weighted by molar-refractivity contribution is 9.10. The van der Waals surface area contributed by atoms with Gasteiger partial charge >= 0.3 is 0 Å². The molecule has 0 aliphatic carbocycles. The molecule has 3 rings (SSSR count). The fraction of sp³-hybridized carbons (Fsp3) is 0. The van der Waals surface area contributed by atoms with E-state index in [1.807, 2.05) is 53.1 Å². The fourth-order valence-corrected chi connectivity index (χ4v) is 2.84. The van der Waals surface area contributed by atoms with Crippen molar-refractivity contribution in [2.24, 2.45) is 5.73 Å². The van der Waals surface area contributed by atoms with E-state index in [9.17, 15) is 4.79 Å². The van der Waals surface area contributed by atoms with Crippen LogP contribution < -0.4 is 5.73 Å². The third kappa shape index (κ3) is 2.27. The van der Waals surface area contributed by atoms with E-state index in [4.69, 9.17) is 5.73 Å². The molecule has 3 aromatic rings. The number of halogens is 2. The summed E-state index contributed by atoms with van der Waals surface area (Å²) < 4.78 is 3.81. The molecule has 0 saturated heterocycles. The van der Waals surface area contributed by atoms with Gasteiger partial charge in [-0.3, -0.25) is 4.79 Å². The van der Waals surface area contributed by atoms with Crippen LogP contribution in [0.5, 0.6) is 0 Å². The number of hydrogen-bond acceptors (Lipinski definition) is 1. The number of rotatable bonds is 2. The van der Waals surface area contributed by atoms with Crippen LogP contribution in [0, 0.1) is 0 Å². The Bertz CT molecular complexity index is 807. The standard InChI is InChI=1S/C15H10Br2N2O/c16-10-3-5-12(6-4-10)19-13-8-11(17)2-1-9(13)7-14(19)15(18)20/h1-8H,(H2,18,20). The molecule has 100 valence electrons. The Morgan fingerprint density at radius 2 is 1.60 bits per heavy atom. The Labute approximate surface area is 132 Å². The van der Waals surface area contributed by atoms with Crippen LogP contribution in [0.15, 0.2) is 57.5 Å². The summed E-state index contributed by atoms with van der Waals surface area (Å²) in [4.78, 5) is 11.7. The molecule has 0 unspecified atom stereocenters. The zero-order valence-electron chi connectivity index (χ0n) is 10.3. The predicted molar refractivity (Wildman–Crippen MR) is 87.2 cm³/mol. The van der Waals surface area contributed by atoms with Crippen molar-refractivity contribution in [2.45, 2.75) is 0 Å². The van der Waals surface area contributed by atoms with Crippen LogP contribution in [0.3, 0.4) is 0 Å². The summed E-state index contributed by atoms with van der Waals surface area (Å²) >= 11 is 6.87. The molecule has 0 fully saturated rings. The molecule has 1 amide bonds. The lowest BCUT2D eigenvalue weighted by Gasteiger charge is -2.09. The molecule has 3 nitrogen and oxygen atoms in total. The molecule has 20 heavy (non-hydrogen) atoms. The van der Waals surface area contributed by atoms with Gasteiger partial charge in [0.05, 0.1) is 5.52 Å². The quantitative estimate of drug-likeness (QED) is 0.694. The molecule has 5 heteroatoms. The van der Waals surface area contributed by atoms with Crippen LogP contribution in [0.4, 0.5) is 0 Å². The molecular formula is C15H10Br2N2O. The van der Waals surface area contributed by atoms with Gasteiger partial charge < -0.3 is 10.3 Å². The van der Waals surface area contributed by atoms with Gasteiger partial charge in [-0.05, 0) is 42.5 Å². The van der Waals surface area contributed by atoms with Crippen molar-refractivity contribution in [2.75, 3.05) is 0 Å². The smallest absolute Gasteiger partial charge is 0.265 e. The lowest BCUT2D eigenvalue weighted by Crippen LogP contribution is -2.15. The minimum absolute atomic E-state index is 0.444. The second-order valence-corrected chi connectivity index (χ2v) is 6.24. The van der Waals surface area contributed by atoms with E-state index < -0.39 is 5.91 Å². The molecule has 2 aromatic carbocycles. The van der Waals surface area contributed by atoms with E-state index in [0.29, 0.717) is 5.69 Å². The summed E-state index contributed by atoms with van der Waals surface area (Å²) in [7, 11) is 0. The Morgan fingerprint density at radius 3 is 2.25 bits per heavy atom. The summed E-state index contributed by atoms with van der Waals surface area (Å²) in [6.45, 7) is 0. The highest BCUT2D eigenvalue weighted by Crippen LogP contribution is 2.27. The van der Waals surface area contributed by atoms with Crippen LogP contribution in [0.1, 0.15) is 10.5 Å². The number of primary amides is 1. The third-order valence-corrected chi connectivity index (χ3v) is 4.13. The van der Waals surface area contributed by atoms with Crippen molar-refractivity contribution < 1.29 is 4.79 Å². The SMILES string of the molecule is NC(=O)c1cc2ccc(Br)cc2n1-c1ccc(Br)cc1. The van der Waals surface area contributed by atoms with Crippen molar-refractivity contribution in [3.63, 3.8) is 0 Å². The molecule has 0 aliphatic rings. The van der Waals surface area contributed by atoms with Crippen LogP contribution in [0.2, 0.25) is 0 Å². The highest BCUT2D eigenvalue weighted by Gasteiger charge is 2.14. The molecule has 0 bridgehead atoms. The number of nitrogens with two attached hydrogens (primary N) is 1. The second-order valence-electron chi connectivity index (χ2n) is 4.41. The average Bonchev–Trinajstić information content (AvgIpc) is 2.78. The van der Waals surface area contributed by atoms with Gasteiger partial charge in [-0.15, -0.1) is 0 Å². The van der Waals surface area contributed by atoms with Gasteiger partial charge in [-0.2, -0.15) is 0 Å². The molecule has 2 N–H and O–H groups in total. The first-order valence-electron chi connectivity index (χ1n) is 5.93. The number of benzene rings is 2. The molecule has 1 aromatic heterocycles. The second kappa shape index (κ2) is 5.07. The van der Waals surface area contributed by atoms with E-state index in [0.717, 1.165) is 25.5 Å². The maximum Gasteiger partial charge on any atom is 0.265 e. The van der Waals surface area contributed by atoms with Crippen molar-refractivity contribution >= 4 is 48.7 Å². The molecular weight excluding hydrogens is 384 g/mol. The Balaban J connectivity index is 2.36. The minimum Gasteiger partial charge on any atom is -0.364 e. The summed E-state index contributed by atoms with van der Waals surface area (Å²) in [5, 5.41) is 0.977. The molecule has 0 radical (unpaired) electrons. The van der Waals surface area contributed by atoms with Gasteiger partial charge in [0.1, 0.15) is 5.69 Å². The fourth-order valence-electron chi connectivity index (χ4n) is 2.22. The van der Waals surface area contributed by atoms with Crippen LogP contribution in [0.25, 0.3) is 16.6 Å². The van der Waals surface area contributed by atoms with Gasteiger partial charge in [0, 0.05) is 20.0 Å². The first kappa shape index (κ1) is 13.4. The Kier molecular flexibility index (Phi) is 3.40. The van der Waals surface area contributed by atoms with Crippen LogP contribution in [-0.4, -0.2) is 10.5 Å². The maximum atomic E-state index is 11.7. The van der Waals surface area contributed by atoms with Gasteiger partial charge in [0.2, 0.25) is 0 Å². The monoisotopic (exact) mass is 392 g/mol. The van der Waals surface area contributed by atoms with Gasteiger partial charge in [0.25, 0.3) is 5.91 Å². The van der Waals surface area contributed by atoms with Gasteiger partial charge in [0.15, 0.2) is 0 Å². The van der Waals surface area contributed by atoms with Crippen LogP contribution >= 0.6 is 31.9 Å². The summed E-state index contributed by atoms with van der Waals surface area (Å²) in [5.41, 5.74) is 7.81. The van der Waals surface area contributed by atoms with Gasteiger partial charge in [-0.25, -0.2) is 0 Å². The van der Waals surface area contributed by atoms with E-state index in [1.165, 1.54) is 0 Å². The van der Waals surface area contributed by atoms with Crippen molar-refractivity contribution in [3.8, 4) is 5.69 Å². The first-order valence-corrected chi connectivity index (χ1v) is 7.51. The largest absolute Gasteiger partial charge is 0.364 e. The topological polar surface area (TPSA) is 48.0 Å². The van der Waals surface area contributed by atoms with E-state index >= 15 is 0 Å². The Hall–Kier alpha value is -1.59. The van der Waals surface area contributed by atoms with Crippen molar-refractivity contribution in [3.05, 3.63) is 63.2 Å². The summed E-state index contributed by atoms with van der Waals surface area (Å²) in [5.74, 6) is -0.444. The molecule has 1 heterocycles. The summed E-state index contributed by atoms with van der Waals surface area (Å²) in [6, 6.07) is 15.4. The van der Waals surface area contributed by atoms with Crippen molar-refractivity contribution in [1.29, 1.82) is 0 Å². The highest BCUT2D eigenvalue weighted by atomic mass is 79.9. The number of nitrogens with zero attached hydrogens (tertiary/aromatic N) is 1. The zero-order valence-corrected chi connectivity index (χ0v) is 13.5. The zero-order chi connectivity index (χ0) is 14.3. The minimum atomic E-state index is -0.444. The first-order chi connectivity index (χ1) is 9.56. The Morgan fingerprint density at radius 1 is 0.950 bits per heavy atom. The number of aromatic nitrogens is 1. The number of hydrogen-bond donors (Lipinski definition) is 1. The van der Waals surface area contributed by atoms with Crippen LogP contribution in [-0.2, 0) is 0 Å². The normalized spacial score (nSPS) is 10.9. The lowest BCUT2D eigenvalue weighted by atomic mass is 10.2. The predicted octanol–water partition coefficient (Wildman–Crippen LogP) is 4.25. The average molecular weight is 394 g/mol. The number of carbonyl (C=O) groups is 1. The molecule has 0 aliphatic heterocycles. The van der Waals surface area contributed by atoms with E-state index in [-0.39, 0.29) is 0 Å². The molecule has 0 spiro atoms. The number of carbonyl (C=O) groups excluding carboxylic acids is 1. The van der Waals surface area contributed by atoms with Crippen molar-refractivity contribution in [1.82, 2.24) is 4.57 Å². The van der Waals surface area contributed by atoms with E-state index in [1.54, 1.807) is 0 Å². The van der Waals surface area contributed by atoms with Gasteiger partial charge in [-0.1, -0.05) is 37.9 Å². The maximum absolute atomic E-state index is 11.7. The molecule has 0 atom stereocenters. The van der Waals surface area contributed by atoms with E-state index in [2.05, 4.69) is 31.9 Å². The molecule has 0 saturated carbocycles. The number of amides is 1. The summed E-state index contributed by atoms with van der Waals surface area (Å²) in [6.07, 6.45) is 0. The number of fused-ring (bicyclic) bond motifs is 1.